The van der Waals surface area contributed by atoms with Gasteiger partial charge < -0.3 is 19.8 Å². The van der Waals surface area contributed by atoms with Crippen LogP contribution in [0.3, 0.4) is 0 Å². The largest absolute Gasteiger partial charge is 0.466 e. The molecule has 3 rings (SSSR count). The van der Waals surface area contributed by atoms with Gasteiger partial charge in [-0.15, -0.1) is 0 Å². The summed E-state index contributed by atoms with van der Waals surface area (Å²) in [6.07, 6.45) is 4.57. The van der Waals surface area contributed by atoms with Crippen LogP contribution in [0.5, 0.6) is 0 Å². The van der Waals surface area contributed by atoms with E-state index < -0.39 is 0 Å². The fraction of sp³-hybridized carbons (Fsp3) is 0.667. The van der Waals surface area contributed by atoms with E-state index in [1.54, 1.807) is 19.9 Å². The van der Waals surface area contributed by atoms with Gasteiger partial charge in [0.25, 0.3) is 5.91 Å². The summed E-state index contributed by atoms with van der Waals surface area (Å²) < 4.78 is 11.1. The minimum atomic E-state index is -0.279. The topological polar surface area (TPSA) is 80.6 Å². The van der Waals surface area contributed by atoms with Gasteiger partial charge in [-0.3, -0.25) is 9.59 Å². The summed E-state index contributed by atoms with van der Waals surface area (Å²) in [5.41, 5.74) is 0.615. The Balaban J connectivity index is 1.48. The monoisotopic (exact) mass is 334 g/mol. The van der Waals surface area contributed by atoms with Gasteiger partial charge in [0.1, 0.15) is 11.5 Å². The van der Waals surface area contributed by atoms with Crippen molar-refractivity contribution in [3.05, 3.63) is 23.2 Å². The molecule has 6 nitrogen and oxygen atoms in total. The van der Waals surface area contributed by atoms with Crippen molar-refractivity contribution in [1.29, 1.82) is 0 Å². The number of nitrogens with one attached hydrogen (secondary N) is 2. The van der Waals surface area contributed by atoms with Crippen molar-refractivity contribution >= 4 is 11.8 Å². The molecule has 1 aromatic heterocycles. The maximum atomic E-state index is 12.2. The van der Waals surface area contributed by atoms with Crippen molar-refractivity contribution in [2.24, 2.45) is 5.41 Å². The number of furan rings is 1. The number of amides is 2. The molecule has 2 saturated carbocycles. The predicted molar refractivity (Wildman–Crippen MR) is 88.8 cm³/mol. The molecule has 0 aromatic carbocycles. The van der Waals surface area contributed by atoms with Crippen LogP contribution in [-0.4, -0.2) is 37.1 Å². The van der Waals surface area contributed by atoms with E-state index in [0.717, 1.165) is 19.3 Å². The highest BCUT2D eigenvalue weighted by Gasteiger charge is 2.59. The standard InChI is InChI=1S/C18H26N2O4/c1-4-23-15-9-14(18(15)6-5-7-18)20-16(21)10-19-17(22)13-8-11(2)24-12(13)3/h8,14-15H,4-7,9-10H2,1-3H3,(H,19,22)(H,20,21)/t14-,15+/m0/s1. The average Bonchev–Trinajstić information content (AvgIpc) is 2.80. The van der Waals surface area contributed by atoms with Gasteiger partial charge in [-0.25, -0.2) is 0 Å². The third-order valence-corrected chi connectivity index (χ3v) is 5.47. The third-order valence-electron chi connectivity index (χ3n) is 5.47. The average molecular weight is 334 g/mol. The van der Waals surface area contributed by atoms with E-state index in [0.29, 0.717) is 23.7 Å². The molecule has 2 N–H and O–H groups in total. The van der Waals surface area contributed by atoms with Crippen LogP contribution in [0.2, 0.25) is 0 Å². The third kappa shape index (κ3) is 2.95. The molecule has 2 aliphatic rings. The zero-order valence-corrected chi connectivity index (χ0v) is 14.6. The molecule has 0 saturated heterocycles. The SMILES string of the molecule is CCO[C@@H]1C[C@H](NC(=O)CNC(=O)c2cc(C)oc2C)C12CCC2. The summed E-state index contributed by atoms with van der Waals surface area (Å²) in [6, 6.07) is 1.86. The van der Waals surface area contributed by atoms with Gasteiger partial charge in [0.15, 0.2) is 0 Å². The highest BCUT2D eigenvalue weighted by Crippen LogP contribution is 2.57. The summed E-state index contributed by atoms with van der Waals surface area (Å²) in [7, 11) is 0. The maximum absolute atomic E-state index is 12.2. The van der Waals surface area contributed by atoms with Gasteiger partial charge >= 0.3 is 0 Å². The summed E-state index contributed by atoms with van der Waals surface area (Å²) in [5, 5.41) is 5.73. The Hall–Kier alpha value is -1.82. The van der Waals surface area contributed by atoms with Crippen LogP contribution in [-0.2, 0) is 9.53 Å². The minimum absolute atomic E-state index is 0.0195. The molecule has 2 fully saturated rings. The number of hydrogen-bond donors (Lipinski definition) is 2. The Morgan fingerprint density at radius 3 is 2.67 bits per heavy atom. The van der Waals surface area contributed by atoms with Crippen molar-refractivity contribution in [3.8, 4) is 0 Å². The molecular weight excluding hydrogens is 308 g/mol. The summed E-state index contributed by atoms with van der Waals surface area (Å²) in [5.74, 6) is 0.828. The van der Waals surface area contributed by atoms with E-state index in [4.69, 9.17) is 9.15 Å². The van der Waals surface area contributed by atoms with Gasteiger partial charge in [-0.05, 0) is 46.1 Å². The maximum Gasteiger partial charge on any atom is 0.255 e. The molecule has 24 heavy (non-hydrogen) atoms. The van der Waals surface area contributed by atoms with Crippen LogP contribution in [0, 0.1) is 19.3 Å². The van der Waals surface area contributed by atoms with E-state index >= 15 is 0 Å². The molecule has 0 aliphatic heterocycles. The molecule has 2 aliphatic carbocycles. The van der Waals surface area contributed by atoms with E-state index in [-0.39, 0.29) is 35.9 Å². The Morgan fingerprint density at radius 1 is 1.38 bits per heavy atom. The number of carbonyl (C=O) groups is 2. The van der Waals surface area contributed by atoms with Gasteiger partial charge in [0, 0.05) is 18.1 Å². The summed E-state index contributed by atoms with van der Waals surface area (Å²) in [4.78, 5) is 24.3. The Morgan fingerprint density at radius 2 is 2.12 bits per heavy atom. The smallest absolute Gasteiger partial charge is 0.255 e. The normalized spacial score (nSPS) is 24.1. The van der Waals surface area contributed by atoms with Crippen LogP contribution in [0.25, 0.3) is 0 Å². The van der Waals surface area contributed by atoms with E-state index in [2.05, 4.69) is 10.6 Å². The lowest BCUT2D eigenvalue weighted by atomic mass is 9.51. The molecule has 1 spiro atoms. The molecule has 0 bridgehead atoms. The Kier molecular flexibility index (Phi) is 4.67. The first-order valence-electron chi connectivity index (χ1n) is 8.72. The van der Waals surface area contributed by atoms with Gasteiger partial charge in [-0.2, -0.15) is 0 Å². The first-order valence-corrected chi connectivity index (χ1v) is 8.72. The molecule has 6 heteroatoms. The molecule has 1 aromatic rings. The van der Waals surface area contributed by atoms with Crippen molar-refractivity contribution in [3.63, 3.8) is 0 Å². The molecule has 0 radical (unpaired) electrons. The summed E-state index contributed by atoms with van der Waals surface area (Å²) in [6.45, 7) is 6.23. The van der Waals surface area contributed by atoms with Crippen molar-refractivity contribution < 1.29 is 18.7 Å². The van der Waals surface area contributed by atoms with Crippen molar-refractivity contribution in [2.45, 2.75) is 58.6 Å². The summed E-state index contributed by atoms with van der Waals surface area (Å²) >= 11 is 0. The highest BCUT2D eigenvalue weighted by atomic mass is 16.5. The molecule has 2 atom stereocenters. The second kappa shape index (κ2) is 6.59. The predicted octanol–water partition coefficient (Wildman–Crippen LogP) is 2.09. The number of hydrogen-bond acceptors (Lipinski definition) is 4. The fourth-order valence-electron chi connectivity index (χ4n) is 4.00. The molecule has 2 amide bonds. The number of aryl methyl sites for hydroxylation is 2. The zero-order valence-electron chi connectivity index (χ0n) is 14.6. The lowest BCUT2D eigenvalue weighted by Gasteiger charge is -2.61. The highest BCUT2D eigenvalue weighted by molar-refractivity contribution is 5.97. The second-order valence-electron chi connectivity index (χ2n) is 6.90. The van der Waals surface area contributed by atoms with Crippen LogP contribution in [0.4, 0.5) is 0 Å². The van der Waals surface area contributed by atoms with Crippen molar-refractivity contribution in [2.75, 3.05) is 13.2 Å². The van der Waals surface area contributed by atoms with E-state index in [1.165, 1.54) is 6.42 Å². The van der Waals surface area contributed by atoms with Crippen LogP contribution >= 0.6 is 0 Å². The molecular formula is C18H26N2O4. The van der Waals surface area contributed by atoms with Gasteiger partial charge in [-0.1, -0.05) is 6.42 Å². The number of rotatable bonds is 6. The first-order chi connectivity index (χ1) is 11.5. The first kappa shape index (κ1) is 17.0. The lowest BCUT2D eigenvalue weighted by Crippen LogP contribution is -2.68. The zero-order chi connectivity index (χ0) is 17.3. The minimum Gasteiger partial charge on any atom is -0.466 e. The van der Waals surface area contributed by atoms with E-state index in [9.17, 15) is 9.59 Å². The van der Waals surface area contributed by atoms with Crippen molar-refractivity contribution in [1.82, 2.24) is 10.6 Å². The molecule has 0 unspecified atom stereocenters. The van der Waals surface area contributed by atoms with Crippen LogP contribution in [0.1, 0.15) is 54.5 Å². The van der Waals surface area contributed by atoms with Gasteiger partial charge in [0.2, 0.25) is 5.91 Å². The number of carbonyl (C=O) groups excluding carboxylic acids is 2. The lowest BCUT2D eigenvalue weighted by molar-refractivity contribution is -0.175. The van der Waals surface area contributed by atoms with Gasteiger partial charge in [0.05, 0.1) is 18.2 Å². The second-order valence-corrected chi connectivity index (χ2v) is 6.90. The van der Waals surface area contributed by atoms with E-state index in [1.807, 2.05) is 6.92 Å². The van der Waals surface area contributed by atoms with Crippen LogP contribution < -0.4 is 10.6 Å². The number of ether oxygens (including phenoxy) is 1. The Bertz CT molecular complexity index is 633. The fourth-order valence-corrected chi connectivity index (χ4v) is 4.00. The molecule has 132 valence electrons. The molecule has 1 heterocycles. The van der Waals surface area contributed by atoms with Crippen LogP contribution in [0.15, 0.2) is 10.5 Å². The Labute approximate surface area is 142 Å². The quantitative estimate of drug-likeness (QED) is 0.835.